The van der Waals surface area contributed by atoms with E-state index in [1.165, 1.54) is 31.6 Å². The largest absolute Gasteiger partial charge is 0.497 e. The molecular formula is C22H25N3O7. The van der Waals surface area contributed by atoms with Crippen molar-refractivity contribution in [2.75, 3.05) is 7.11 Å². The molecule has 1 aliphatic rings. The van der Waals surface area contributed by atoms with E-state index in [-0.39, 0.29) is 24.2 Å². The van der Waals surface area contributed by atoms with Crippen molar-refractivity contribution < 1.29 is 33.8 Å². The second kappa shape index (κ2) is 10.1. The van der Waals surface area contributed by atoms with Gasteiger partial charge in [0, 0.05) is 18.4 Å². The molecule has 3 amide bonds. The molecule has 2 aromatic rings. The molecule has 0 spiro atoms. The zero-order chi connectivity index (χ0) is 23.3. The number of carbonyl (C=O) groups excluding carboxylic acids is 3. The van der Waals surface area contributed by atoms with Gasteiger partial charge < -0.3 is 35.7 Å². The van der Waals surface area contributed by atoms with Crippen LogP contribution >= 0.6 is 0 Å². The number of aliphatic hydroxyl groups is 2. The molecule has 6 N–H and O–H groups in total. The predicted molar refractivity (Wildman–Crippen MR) is 112 cm³/mol. The second-order valence-electron chi connectivity index (χ2n) is 7.41. The molecule has 32 heavy (non-hydrogen) atoms. The molecule has 3 rings (SSSR count). The number of hydrogen-bond acceptors (Lipinski definition) is 7. The lowest BCUT2D eigenvalue weighted by atomic mass is 9.89. The molecule has 1 heterocycles. The van der Waals surface area contributed by atoms with E-state index >= 15 is 0 Å². The maximum absolute atomic E-state index is 12.8. The van der Waals surface area contributed by atoms with E-state index in [1.54, 1.807) is 24.3 Å². The van der Waals surface area contributed by atoms with E-state index < -0.39 is 42.0 Å². The highest BCUT2D eigenvalue weighted by molar-refractivity contribution is 5.97. The number of hydrogen-bond donors (Lipinski definition) is 5. The average molecular weight is 443 g/mol. The van der Waals surface area contributed by atoms with E-state index in [1.807, 2.05) is 0 Å². The molecule has 4 atom stereocenters. The fourth-order valence-electron chi connectivity index (χ4n) is 3.37. The summed E-state index contributed by atoms with van der Waals surface area (Å²) in [5.74, 6) is -1.31. The Balaban J connectivity index is 1.71. The molecule has 0 fully saturated rings. The average Bonchev–Trinajstić information content (AvgIpc) is 3.31. The van der Waals surface area contributed by atoms with Gasteiger partial charge in [-0.15, -0.1) is 0 Å². The molecule has 0 saturated carbocycles. The summed E-state index contributed by atoms with van der Waals surface area (Å²) < 4.78 is 10.1. The Labute approximate surface area is 184 Å². The first kappa shape index (κ1) is 23.0. The Bertz CT molecular complexity index is 985. The van der Waals surface area contributed by atoms with Crippen LogP contribution in [0.5, 0.6) is 5.75 Å². The van der Waals surface area contributed by atoms with Gasteiger partial charge in [-0.05, 0) is 29.8 Å². The first-order valence-electron chi connectivity index (χ1n) is 9.92. The summed E-state index contributed by atoms with van der Waals surface area (Å²) in [5, 5.41) is 25.5. The molecule has 10 nitrogen and oxygen atoms in total. The number of rotatable bonds is 8. The van der Waals surface area contributed by atoms with Gasteiger partial charge in [0.05, 0.1) is 25.5 Å². The number of primary amides is 1. The van der Waals surface area contributed by atoms with E-state index in [0.29, 0.717) is 5.75 Å². The van der Waals surface area contributed by atoms with Gasteiger partial charge in [0.2, 0.25) is 11.8 Å². The first-order valence-corrected chi connectivity index (χ1v) is 9.92. The predicted octanol–water partition coefficient (Wildman–Crippen LogP) is -0.349. The fourth-order valence-corrected chi connectivity index (χ4v) is 3.37. The monoisotopic (exact) mass is 443 g/mol. The second-order valence-corrected chi connectivity index (χ2v) is 7.41. The van der Waals surface area contributed by atoms with Crippen LogP contribution in [0.2, 0.25) is 0 Å². The summed E-state index contributed by atoms with van der Waals surface area (Å²) in [6, 6.07) is 7.88. The van der Waals surface area contributed by atoms with E-state index in [0.717, 1.165) is 5.56 Å². The Morgan fingerprint density at radius 1 is 1.19 bits per heavy atom. The highest BCUT2D eigenvalue weighted by Crippen LogP contribution is 2.21. The standard InChI is InChI=1S/C22H25N3O7/c1-31-14-6-4-12(5-7-14)9-16(20(23)28)25-21(29)13-10-15(19(27)17(26)11-13)24-22(30)18-3-2-8-32-18/h2-8,10,15-17,19,26-27H,9,11H2,1H3,(H2,23,28)(H,24,30)(H,25,29). The van der Waals surface area contributed by atoms with Gasteiger partial charge in [-0.1, -0.05) is 18.2 Å². The van der Waals surface area contributed by atoms with Crippen LogP contribution < -0.4 is 21.1 Å². The van der Waals surface area contributed by atoms with Gasteiger partial charge in [0.15, 0.2) is 5.76 Å². The normalized spacial score (nSPS) is 21.2. The molecule has 0 radical (unpaired) electrons. The van der Waals surface area contributed by atoms with E-state index in [2.05, 4.69) is 10.6 Å². The highest BCUT2D eigenvalue weighted by Gasteiger charge is 2.35. The number of benzene rings is 1. The van der Waals surface area contributed by atoms with Gasteiger partial charge in [0.1, 0.15) is 17.9 Å². The minimum Gasteiger partial charge on any atom is -0.497 e. The highest BCUT2D eigenvalue weighted by atomic mass is 16.5. The molecule has 0 bridgehead atoms. The van der Waals surface area contributed by atoms with Crippen LogP contribution in [-0.4, -0.2) is 59.3 Å². The molecule has 10 heteroatoms. The number of ether oxygens (including phenoxy) is 1. The molecule has 1 aromatic heterocycles. The minimum absolute atomic E-state index is 0.0185. The third-order valence-corrected chi connectivity index (χ3v) is 5.15. The summed E-state index contributed by atoms with van der Waals surface area (Å²) in [5.41, 5.74) is 6.32. The number of nitrogens with two attached hydrogens (primary N) is 1. The summed E-state index contributed by atoms with van der Waals surface area (Å²) in [4.78, 5) is 36.9. The number of amides is 3. The third-order valence-electron chi connectivity index (χ3n) is 5.15. The quantitative estimate of drug-likeness (QED) is 0.372. The van der Waals surface area contributed by atoms with Crippen molar-refractivity contribution in [3.05, 3.63) is 65.6 Å². The lowest BCUT2D eigenvalue weighted by molar-refractivity contribution is -0.125. The Morgan fingerprint density at radius 2 is 1.91 bits per heavy atom. The van der Waals surface area contributed by atoms with Crippen LogP contribution in [0.4, 0.5) is 0 Å². The summed E-state index contributed by atoms with van der Waals surface area (Å²) in [6.45, 7) is 0. The van der Waals surface area contributed by atoms with Crippen molar-refractivity contribution in [1.29, 1.82) is 0 Å². The van der Waals surface area contributed by atoms with E-state index in [4.69, 9.17) is 14.9 Å². The number of nitrogens with one attached hydrogen (secondary N) is 2. The van der Waals surface area contributed by atoms with Crippen molar-refractivity contribution in [3.8, 4) is 5.75 Å². The molecule has 1 aromatic carbocycles. The number of furan rings is 1. The lowest BCUT2D eigenvalue weighted by Crippen LogP contribution is -2.52. The Morgan fingerprint density at radius 3 is 2.50 bits per heavy atom. The molecular weight excluding hydrogens is 418 g/mol. The zero-order valence-electron chi connectivity index (χ0n) is 17.4. The first-order chi connectivity index (χ1) is 15.3. The van der Waals surface area contributed by atoms with Gasteiger partial charge in [0.25, 0.3) is 5.91 Å². The van der Waals surface area contributed by atoms with Crippen LogP contribution in [0.25, 0.3) is 0 Å². The minimum atomic E-state index is -1.32. The van der Waals surface area contributed by atoms with Crippen LogP contribution in [0.15, 0.2) is 58.7 Å². The smallest absolute Gasteiger partial charge is 0.287 e. The van der Waals surface area contributed by atoms with Crippen LogP contribution in [0.1, 0.15) is 22.5 Å². The molecule has 0 saturated heterocycles. The summed E-state index contributed by atoms with van der Waals surface area (Å²) in [6.07, 6.45) is 0.0469. The van der Waals surface area contributed by atoms with Gasteiger partial charge in [-0.2, -0.15) is 0 Å². The molecule has 4 unspecified atom stereocenters. The molecule has 0 aliphatic heterocycles. The lowest BCUT2D eigenvalue weighted by Gasteiger charge is -2.31. The Hall–Kier alpha value is -3.63. The van der Waals surface area contributed by atoms with Crippen molar-refractivity contribution in [2.45, 2.75) is 37.1 Å². The van der Waals surface area contributed by atoms with Crippen molar-refractivity contribution in [3.63, 3.8) is 0 Å². The topological polar surface area (TPSA) is 164 Å². The molecule has 1 aliphatic carbocycles. The number of carbonyl (C=O) groups is 3. The van der Waals surface area contributed by atoms with Gasteiger partial charge >= 0.3 is 0 Å². The fraction of sp³-hybridized carbons (Fsp3) is 0.318. The molecule has 170 valence electrons. The third kappa shape index (κ3) is 5.54. The van der Waals surface area contributed by atoms with Gasteiger partial charge in [-0.3, -0.25) is 14.4 Å². The van der Waals surface area contributed by atoms with Crippen LogP contribution in [0, 0.1) is 0 Å². The summed E-state index contributed by atoms with van der Waals surface area (Å²) in [7, 11) is 1.54. The number of aliphatic hydroxyl groups excluding tert-OH is 2. The number of methoxy groups -OCH3 is 1. The summed E-state index contributed by atoms with van der Waals surface area (Å²) >= 11 is 0. The van der Waals surface area contributed by atoms with Crippen molar-refractivity contribution in [2.24, 2.45) is 5.73 Å². The Kier molecular flexibility index (Phi) is 7.29. The van der Waals surface area contributed by atoms with E-state index in [9.17, 15) is 24.6 Å². The maximum Gasteiger partial charge on any atom is 0.287 e. The maximum atomic E-state index is 12.8. The SMILES string of the molecule is COc1ccc(CC(NC(=O)C2=CC(NC(=O)c3ccco3)C(O)C(O)C2)C(N)=O)cc1. The zero-order valence-corrected chi connectivity index (χ0v) is 17.4. The van der Waals surface area contributed by atoms with Crippen molar-refractivity contribution >= 4 is 17.7 Å². The van der Waals surface area contributed by atoms with Gasteiger partial charge in [-0.25, -0.2) is 0 Å². The van der Waals surface area contributed by atoms with Crippen LogP contribution in [-0.2, 0) is 16.0 Å². The van der Waals surface area contributed by atoms with Crippen molar-refractivity contribution in [1.82, 2.24) is 10.6 Å². The van der Waals surface area contributed by atoms with Crippen LogP contribution in [0.3, 0.4) is 0 Å².